The predicted molar refractivity (Wildman–Crippen MR) is 79.7 cm³/mol. The molecule has 1 fully saturated rings. The Morgan fingerprint density at radius 3 is 2.52 bits per heavy atom. The summed E-state index contributed by atoms with van der Waals surface area (Å²) in [7, 11) is -3.45. The monoisotopic (exact) mass is 319 g/mol. The molecule has 7 heteroatoms. The van der Waals surface area contributed by atoms with E-state index in [1.165, 1.54) is 4.90 Å². The van der Waals surface area contributed by atoms with E-state index in [2.05, 4.69) is 0 Å². The largest absolute Gasteiger partial charge is 0.480 e. The number of sulfone groups is 1. The summed E-state index contributed by atoms with van der Waals surface area (Å²) in [5.41, 5.74) is 0. The number of piperidine rings is 1. The quantitative estimate of drug-likeness (QED) is 0.714. The van der Waals surface area contributed by atoms with Crippen molar-refractivity contribution in [3.63, 3.8) is 0 Å². The van der Waals surface area contributed by atoms with Gasteiger partial charge in [0.15, 0.2) is 9.84 Å². The van der Waals surface area contributed by atoms with Crippen molar-refractivity contribution in [1.29, 1.82) is 0 Å². The fourth-order valence-electron chi connectivity index (χ4n) is 2.59. The second-order valence-electron chi connectivity index (χ2n) is 5.87. The summed E-state index contributed by atoms with van der Waals surface area (Å²) in [6.07, 6.45) is 3.37. The van der Waals surface area contributed by atoms with Gasteiger partial charge in [0.05, 0.1) is 5.75 Å². The summed E-state index contributed by atoms with van der Waals surface area (Å²) in [5.74, 6) is -1.98. The summed E-state index contributed by atoms with van der Waals surface area (Å²) in [4.78, 5) is 24.6. The van der Waals surface area contributed by atoms with Crippen LogP contribution in [-0.4, -0.2) is 54.4 Å². The maximum absolute atomic E-state index is 12.2. The van der Waals surface area contributed by atoms with Gasteiger partial charge in [-0.25, -0.2) is 13.2 Å². The summed E-state index contributed by atoms with van der Waals surface area (Å²) < 4.78 is 23.8. The molecule has 2 atom stereocenters. The minimum absolute atomic E-state index is 0.00540. The molecular formula is C14H25NO5S. The van der Waals surface area contributed by atoms with Crippen molar-refractivity contribution in [2.75, 3.05) is 18.1 Å². The van der Waals surface area contributed by atoms with Crippen LogP contribution in [0.5, 0.6) is 0 Å². The van der Waals surface area contributed by atoms with Gasteiger partial charge in [0.2, 0.25) is 5.91 Å². The number of hydrogen-bond donors (Lipinski definition) is 1. The Morgan fingerprint density at radius 1 is 1.29 bits per heavy atom. The second-order valence-corrected chi connectivity index (χ2v) is 8.05. The van der Waals surface area contributed by atoms with E-state index in [1.807, 2.05) is 13.8 Å². The molecule has 1 saturated heterocycles. The number of carboxylic acids is 1. The van der Waals surface area contributed by atoms with Crippen molar-refractivity contribution < 1.29 is 23.1 Å². The fraction of sp³-hybridized carbons (Fsp3) is 0.857. The molecule has 6 nitrogen and oxygen atoms in total. The lowest BCUT2D eigenvalue weighted by atomic mass is 9.92. The zero-order valence-electron chi connectivity index (χ0n) is 12.7. The number of aliphatic carboxylic acids is 1. The molecule has 2 unspecified atom stereocenters. The Hall–Kier alpha value is -1.11. The van der Waals surface area contributed by atoms with Gasteiger partial charge >= 0.3 is 5.97 Å². The third-order valence-electron chi connectivity index (χ3n) is 3.87. The first-order chi connectivity index (χ1) is 9.76. The molecule has 122 valence electrons. The molecule has 0 aromatic heterocycles. The van der Waals surface area contributed by atoms with E-state index in [-0.39, 0.29) is 11.7 Å². The van der Waals surface area contributed by atoms with Crippen LogP contribution in [0, 0.1) is 5.92 Å². The Balaban J connectivity index is 2.66. The zero-order valence-corrected chi connectivity index (χ0v) is 13.6. The molecule has 1 rings (SSSR count). The number of amides is 1. The highest BCUT2D eigenvalue weighted by Crippen LogP contribution is 2.23. The van der Waals surface area contributed by atoms with Gasteiger partial charge < -0.3 is 10.0 Å². The molecule has 21 heavy (non-hydrogen) atoms. The van der Waals surface area contributed by atoms with E-state index in [1.54, 1.807) is 0 Å². The minimum Gasteiger partial charge on any atom is -0.480 e. The van der Waals surface area contributed by atoms with Crippen LogP contribution in [0.15, 0.2) is 0 Å². The highest BCUT2D eigenvalue weighted by molar-refractivity contribution is 7.92. The molecular weight excluding hydrogens is 294 g/mol. The SMILES string of the molecule is CCCCCS(=O)(=O)CC(=O)N1CCC(C)CC1C(=O)O. The lowest BCUT2D eigenvalue weighted by Gasteiger charge is -2.35. The van der Waals surface area contributed by atoms with Crippen LogP contribution in [0.2, 0.25) is 0 Å². The topological polar surface area (TPSA) is 91.8 Å². The van der Waals surface area contributed by atoms with E-state index in [4.69, 9.17) is 0 Å². The maximum Gasteiger partial charge on any atom is 0.326 e. The van der Waals surface area contributed by atoms with Gasteiger partial charge in [0.1, 0.15) is 11.8 Å². The molecule has 0 saturated carbocycles. The zero-order chi connectivity index (χ0) is 16.0. The van der Waals surface area contributed by atoms with Crippen LogP contribution in [0.4, 0.5) is 0 Å². The first-order valence-corrected chi connectivity index (χ1v) is 9.31. The third-order valence-corrected chi connectivity index (χ3v) is 5.47. The first-order valence-electron chi connectivity index (χ1n) is 7.49. The van der Waals surface area contributed by atoms with Crippen LogP contribution >= 0.6 is 0 Å². The second kappa shape index (κ2) is 7.77. The van der Waals surface area contributed by atoms with Crippen LogP contribution in [0.1, 0.15) is 46.0 Å². The van der Waals surface area contributed by atoms with Gasteiger partial charge in [-0.3, -0.25) is 4.79 Å². The molecule has 0 aromatic rings. The molecule has 0 aromatic carbocycles. The van der Waals surface area contributed by atoms with E-state index in [0.717, 1.165) is 12.8 Å². The number of hydrogen-bond acceptors (Lipinski definition) is 4. The molecule has 0 aliphatic carbocycles. The summed E-state index contributed by atoms with van der Waals surface area (Å²) >= 11 is 0. The van der Waals surface area contributed by atoms with Gasteiger partial charge in [-0.2, -0.15) is 0 Å². The molecule has 1 aliphatic rings. The van der Waals surface area contributed by atoms with E-state index < -0.39 is 33.5 Å². The molecule has 1 aliphatic heterocycles. The van der Waals surface area contributed by atoms with Gasteiger partial charge in [-0.1, -0.05) is 26.7 Å². The lowest BCUT2D eigenvalue weighted by molar-refractivity contribution is -0.152. The van der Waals surface area contributed by atoms with Crippen molar-refractivity contribution in [3.8, 4) is 0 Å². The van der Waals surface area contributed by atoms with Crippen LogP contribution in [-0.2, 0) is 19.4 Å². The van der Waals surface area contributed by atoms with Gasteiger partial charge in [0, 0.05) is 6.54 Å². The van der Waals surface area contributed by atoms with Crippen molar-refractivity contribution in [1.82, 2.24) is 4.90 Å². The molecule has 1 N–H and O–H groups in total. The van der Waals surface area contributed by atoms with Crippen LogP contribution in [0.25, 0.3) is 0 Å². The molecule has 0 spiro atoms. The number of likely N-dealkylation sites (tertiary alicyclic amines) is 1. The Morgan fingerprint density at radius 2 is 1.95 bits per heavy atom. The maximum atomic E-state index is 12.2. The van der Waals surface area contributed by atoms with Gasteiger partial charge in [-0.15, -0.1) is 0 Å². The number of carbonyl (C=O) groups excluding carboxylic acids is 1. The highest BCUT2D eigenvalue weighted by atomic mass is 32.2. The van der Waals surface area contributed by atoms with E-state index in [0.29, 0.717) is 25.8 Å². The molecule has 0 radical (unpaired) electrons. The van der Waals surface area contributed by atoms with E-state index in [9.17, 15) is 23.1 Å². The molecule has 1 heterocycles. The van der Waals surface area contributed by atoms with Crippen molar-refractivity contribution in [2.45, 2.75) is 52.0 Å². The number of rotatable bonds is 7. The van der Waals surface area contributed by atoms with Gasteiger partial charge in [0.25, 0.3) is 0 Å². The predicted octanol–water partition coefficient (Wildman–Crippen LogP) is 1.30. The van der Waals surface area contributed by atoms with Gasteiger partial charge in [-0.05, 0) is 25.2 Å². The van der Waals surface area contributed by atoms with Crippen molar-refractivity contribution in [2.24, 2.45) is 5.92 Å². The Labute approximate surface area is 126 Å². The molecule has 0 bridgehead atoms. The summed E-state index contributed by atoms with van der Waals surface area (Å²) in [6.45, 7) is 4.24. The first kappa shape index (κ1) is 17.9. The van der Waals surface area contributed by atoms with E-state index >= 15 is 0 Å². The van der Waals surface area contributed by atoms with Crippen molar-refractivity contribution >= 4 is 21.7 Å². The standard InChI is InChI=1S/C14H25NO5S/c1-3-4-5-8-21(19,20)10-13(16)15-7-6-11(2)9-12(15)14(17)18/h11-12H,3-10H2,1-2H3,(H,17,18). The fourth-order valence-corrected chi connectivity index (χ4v) is 3.92. The number of nitrogens with zero attached hydrogens (tertiary/aromatic N) is 1. The van der Waals surface area contributed by atoms with Crippen molar-refractivity contribution in [3.05, 3.63) is 0 Å². The highest BCUT2D eigenvalue weighted by Gasteiger charge is 2.35. The number of carbonyl (C=O) groups is 2. The average molecular weight is 319 g/mol. The Kier molecular flexibility index (Phi) is 6.64. The molecule has 1 amide bonds. The summed E-state index contributed by atoms with van der Waals surface area (Å²) in [5, 5.41) is 9.20. The average Bonchev–Trinajstić information content (AvgIpc) is 2.37. The normalized spacial score (nSPS) is 23.0. The lowest BCUT2D eigenvalue weighted by Crippen LogP contribution is -2.51. The minimum atomic E-state index is -3.45. The Bertz CT molecular complexity index is 474. The number of carboxylic acid groups (broad SMARTS) is 1. The van der Waals surface area contributed by atoms with Crippen LogP contribution in [0.3, 0.4) is 0 Å². The van der Waals surface area contributed by atoms with Crippen LogP contribution < -0.4 is 0 Å². The third kappa shape index (κ3) is 5.65. The number of unbranched alkanes of at least 4 members (excludes halogenated alkanes) is 2. The smallest absolute Gasteiger partial charge is 0.326 e. The summed E-state index contributed by atoms with van der Waals surface area (Å²) in [6, 6.07) is -0.896.